The maximum atomic E-state index is 11.8. The first-order valence-electron chi connectivity index (χ1n) is 7.41. The third-order valence-electron chi connectivity index (χ3n) is 3.05. The molecule has 1 amide bonds. The molecule has 5 nitrogen and oxygen atoms in total. The highest BCUT2D eigenvalue weighted by Crippen LogP contribution is 1.95. The Hall–Kier alpha value is -0.530. The highest BCUT2D eigenvalue weighted by molar-refractivity contribution is 14.0. The van der Waals surface area contributed by atoms with E-state index in [9.17, 15) is 4.79 Å². The lowest BCUT2D eigenvalue weighted by atomic mass is 10.3. The van der Waals surface area contributed by atoms with E-state index in [1.807, 2.05) is 25.7 Å². The normalized spacial score (nSPS) is 12.3. The van der Waals surface area contributed by atoms with Crippen molar-refractivity contribution in [1.82, 2.24) is 15.5 Å². The molecule has 0 rings (SSSR count). The molecule has 1 atom stereocenters. The van der Waals surface area contributed by atoms with Gasteiger partial charge < -0.3 is 15.5 Å². The van der Waals surface area contributed by atoms with Crippen molar-refractivity contribution in [2.45, 2.75) is 53.5 Å². The van der Waals surface area contributed by atoms with Crippen molar-refractivity contribution in [3.05, 3.63) is 0 Å². The highest BCUT2D eigenvalue weighted by atomic mass is 127. The lowest BCUT2D eigenvalue weighted by Crippen LogP contribution is -2.42. The van der Waals surface area contributed by atoms with Crippen LogP contribution in [-0.4, -0.2) is 49.0 Å². The number of halogens is 1. The van der Waals surface area contributed by atoms with E-state index in [-0.39, 0.29) is 29.9 Å². The van der Waals surface area contributed by atoms with Crippen molar-refractivity contribution >= 4 is 35.8 Å². The summed E-state index contributed by atoms with van der Waals surface area (Å²) in [5.74, 6) is 0.970. The smallest absolute Gasteiger partial charge is 0.224 e. The molecule has 0 saturated carbocycles. The molecular weight excluding hydrogens is 367 g/mol. The molecule has 0 aliphatic rings. The number of guanidine groups is 1. The van der Waals surface area contributed by atoms with E-state index < -0.39 is 0 Å². The first kappa shape index (κ1) is 21.8. The Morgan fingerprint density at radius 3 is 2.25 bits per heavy atom. The van der Waals surface area contributed by atoms with Gasteiger partial charge in [0, 0.05) is 32.1 Å². The van der Waals surface area contributed by atoms with Crippen LogP contribution in [-0.2, 0) is 4.79 Å². The first-order valence-corrected chi connectivity index (χ1v) is 7.41. The molecule has 2 N–H and O–H groups in total. The largest absolute Gasteiger partial charge is 0.357 e. The Balaban J connectivity index is 0. The number of nitrogens with zero attached hydrogens (tertiary/aromatic N) is 2. The van der Waals surface area contributed by atoms with Crippen molar-refractivity contribution in [2.75, 3.05) is 26.2 Å². The fraction of sp³-hybridized carbons (Fsp3) is 0.857. The maximum Gasteiger partial charge on any atom is 0.224 e. The second-order valence-corrected chi connectivity index (χ2v) is 4.53. The number of hydrogen-bond donors (Lipinski definition) is 2. The number of carbonyl (C=O) groups excluding carboxylic acids is 1. The van der Waals surface area contributed by atoms with Crippen LogP contribution < -0.4 is 10.6 Å². The summed E-state index contributed by atoms with van der Waals surface area (Å²) in [7, 11) is 0. The van der Waals surface area contributed by atoms with Gasteiger partial charge in [0.05, 0.1) is 6.54 Å². The second-order valence-electron chi connectivity index (χ2n) is 4.53. The number of hydrogen-bond acceptors (Lipinski definition) is 2. The van der Waals surface area contributed by atoms with Crippen LogP contribution in [0, 0.1) is 0 Å². The highest BCUT2D eigenvalue weighted by Gasteiger charge is 2.09. The van der Waals surface area contributed by atoms with Gasteiger partial charge in [0.25, 0.3) is 0 Å². The van der Waals surface area contributed by atoms with E-state index in [2.05, 4.69) is 29.5 Å². The Morgan fingerprint density at radius 1 is 1.20 bits per heavy atom. The van der Waals surface area contributed by atoms with Crippen molar-refractivity contribution in [1.29, 1.82) is 0 Å². The molecule has 1 unspecified atom stereocenters. The zero-order valence-corrected chi connectivity index (χ0v) is 15.9. The Morgan fingerprint density at radius 2 is 1.80 bits per heavy atom. The van der Waals surface area contributed by atoms with E-state index in [4.69, 9.17) is 0 Å². The molecule has 0 aromatic rings. The monoisotopic (exact) mass is 398 g/mol. The van der Waals surface area contributed by atoms with Crippen molar-refractivity contribution in [3.8, 4) is 0 Å². The number of carbonyl (C=O) groups is 1. The molecule has 0 saturated heterocycles. The van der Waals surface area contributed by atoms with Crippen LogP contribution in [0.3, 0.4) is 0 Å². The summed E-state index contributed by atoms with van der Waals surface area (Å²) in [5, 5.41) is 6.51. The predicted octanol–water partition coefficient (Wildman–Crippen LogP) is 2.22. The van der Waals surface area contributed by atoms with E-state index >= 15 is 0 Å². The minimum atomic E-state index is 0. The van der Waals surface area contributed by atoms with Gasteiger partial charge in [-0.1, -0.05) is 6.92 Å². The van der Waals surface area contributed by atoms with Gasteiger partial charge in [-0.2, -0.15) is 0 Å². The zero-order chi connectivity index (χ0) is 14.7. The summed E-state index contributed by atoms with van der Waals surface area (Å²) in [4.78, 5) is 18.1. The van der Waals surface area contributed by atoms with Crippen LogP contribution in [0.2, 0.25) is 0 Å². The number of nitrogens with one attached hydrogen (secondary N) is 2. The van der Waals surface area contributed by atoms with Crippen molar-refractivity contribution < 1.29 is 4.79 Å². The van der Waals surface area contributed by atoms with Crippen molar-refractivity contribution in [2.24, 2.45) is 4.99 Å². The topological polar surface area (TPSA) is 56.7 Å². The average molecular weight is 398 g/mol. The fourth-order valence-electron chi connectivity index (χ4n) is 1.65. The molecule has 0 aromatic heterocycles. The zero-order valence-electron chi connectivity index (χ0n) is 13.5. The standard InChI is InChI=1S/C14H30N4O.HI/c1-6-12(5)17-14(15-7-2)16-11-10-13(19)18(8-3)9-4;/h12H,6-11H2,1-5H3,(H2,15,16,17);1H. The molecule has 0 fully saturated rings. The lowest BCUT2D eigenvalue weighted by molar-refractivity contribution is -0.130. The van der Waals surface area contributed by atoms with Gasteiger partial charge in [-0.05, 0) is 34.1 Å². The summed E-state index contributed by atoms with van der Waals surface area (Å²) in [6.45, 7) is 13.2. The summed E-state index contributed by atoms with van der Waals surface area (Å²) in [6.07, 6.45) is 1.52. The van der Waals surface area contributed by atoms with Gasteiger partial charge in [-0.25, -0.2) is 0 Å². The summed E-state index contributed by atoms with van der Waals surface area (Å²) in [5.41, 5.74) is 0. The molecule has 0 aliphatic heterocycles. The molecule has 0 aromatic carbocycles. The SMILES string of the molecule is CCNC(=NCCC(=O)N(CC)CC)NC(C)CC.I. The number of aliphatic imine (C=N–C) groups is 1. The maximum absolute atomic E-state index is 11.8. The van der Waals surface area contributed by atoms with Gasteiger partial charge in [0.2, 0.25) is 5.91 Å². The molecule has 0 radical (unpaired) electrons. The third-order valence-corrected chi connectivity index (χ3v) is 3.05. The van der Waals surface area contributed by atoms with Gasteiger partial charge in [0.15, 0.2) is 5.96 Å². The molecule has 0 aliphatic carbocycles. The predicted molar refractivity (Wildman–Crippen MR) is 96.8 cm³/mol. The van der Waals surface area contributed by atoms with Gasteiger partial charge in [-0.3, -0.25) is 9.79 Å². The second kappa shape index (κ2) is 13.5. The minimum absolute atomic E-state index is 0. The molecule has 20 heavy (non-hydrogen) atoms. The van der Waals surface area contributed by atoms with Gasteiger partial charge in [0.1, 0.15) is 0 Å². The fourth-order valence-corrected chi connectivity index (χ4v) is 1.65. The van der Waals surface area contributed by atoms with E-state index in [1.165, 1.54) is 0 Å². The van der Waals surface area contributed by atoms with Crippen molar-refractivity contribution in [3.63, 3.8) is 0 Å². The van der Waals surface area contributed by atoms with E-state index in [0.29, 0.717) is 19.0 Å². The number of amides is 1. The quantitative estimate of drug-likeness (QED) is 0.375. The summed E-state index contributed by atoms with van der Waals surface area (Å²) < 4.78 is 0. The molecule has 6 heteroatoms. The number of rotatable bonds is 8. The first-order chi connectivity index (χ1) is 9.08. The molecule has 0 spiro atoms. The summed E-state index contributed by atoms with van der Waals surface area (Å²) in [6, 6.07) is 0.385. The van der Waals surface area contributed by atoms with Gasteiger partial charge >= 0.3 is 0 Å². The van der Waals surface area contributed by atoms with Gasteiger partial charge in [-0.15, -0.1) is 24.0 Å². The Kier molecular flexibility index (Phi) is 14.6. The Bertz CT molecular complexity index is 280. The molecule has 0 heterocycles. The minimum Gasteiger partial charge on any atom is -0.357 e. The van der Waals surface area contributed by atoms with Crippen LogP contribution in [0.4, 0.5) is 0 Å². The average Bonchev–Trinajstić information content (AvgIpc) is 2.40. The van der Waals surface area contributed by atoms with E-state index in [1.54, 1.807) is 0 Å². The van der Waals surface area contributed by atoms with Crippen LogP contribution >= 0.6 is 24.0 Å². The lowest BCUT2D eigenvalue weighted by Gasteiger charge is -2.18. The molecule has 120 valence electrons. The van der Waals surface area contributed by atoms with Crippen LogP contribution in [0.1, 0.15) is 47.5 Å². The molecular formula is C14H31IN4O. The Labute approximate surface area is 141 Å². The van der Waals surface area contributed by atoms with Crippen LogP contribution in [0.25, 0.3) is 0 Å². The van der Waals surface area contributed by atoms with Crippen LogP contribution in [0.5, 0.6) is 0 Å². The molecule has 0 bridgehead atoms. The third kappa shape index (κ3) is 9.39. The summed E-state index contributed by atoms with van der Waals surface area (Å²) >= 11 is 0. The van der Waals surface area contributed by atoms with E-state index in [0.717, 1.165) is 32.0 Å². The van der Waals surface area contributed by atoms with Crippen LogP contribution in [0.15, 0.2) is 4.99 Å².